The van der Waals surface area contributed by atoms with E-state index in [1.54, 1.807) is 0 Å². The first-order chi connectivity index (χ1) is 9.11. The van der Waals surface area contributed by atoms with Crippen LogP contribution in [0.4, 0.5) is 0 Å². The van der Waals surface area contributed by atoms with Crippen LogP contribution in [-0.2, 0) is 0 Å². The van der Waals surface area contributed by atoms with Gasteiger partial charge in [0.25, 0.3) is 0 Å². The van der Waals surface area contributed by atoms with E-state index in [0.29, 0.717) is 18.0 Å². The summed E-state index contributed by atoms with van der Waals surface area (Å²) in [5, 5.41) is 0. The highest BCUT2D eigenvalue weighted by molar-refractivity contribution is 7.80. The van der Waals surface area contributed by atoms with Gasteiger partial charge in [0.2, 0.25) is 0 Å². The first-order valence-corrected chi connectivity index (χ1v) is 7.85. The number of benzene rings is 1. The summed E-state index contributed by atoms with van der Waals surface area (Å²) in [6.07, 6.45) is 0. The number of thiol groups is 1. The molecular weight excluding hydrogens is 252 g/mol. The van der Waals surface area contributed by atoms with E-state index in [0.717, 1.165) is 25.4 Å². The van der Waals surface area contributed by atoms with E-state index in [9.17, 15) is 0 Å². The standard InChI is InChI=1S/C16H26N2S/c1-13-9-18(10-14(2)17(13)3)11-16(12-19)15-7-5-4-6-8-15/h4-8,13-14,16,19H,9-12H2,1-3H3. The van der Waals surface area contributed by atoms with E-state index in [1.807, 2.05) is 0 Å². The Kier molecular flexibility index (Phi) is 5.31. The second kappa shape index (κ2) is 6.78. The predicted octanol–water partition coefficient (Wildman–Crippen LogP) is 2.72. The molecule has 0 spiro atoms. The van der Waals surface area contributed by atoms with Crippen LogP contribution in [-0.4, -0.2) is 54.3 Å². The molecule has 0 saturated carbocycles. The van der Waals surface area contributed by atoms with Gasteiger partial charge in [0.1, 0.15) is 0 Å². The summed E-state index contributed by atoms with van der Waals surface area (Å²) < 4.78 is 0. The normalized spacial score (nSPS) is 27.4. The SMILES string of the molecule is CC1CN(CC(CS)c2ccccc2)CC(C)N1C. The van der Waals surface area contributed by atoms with E-state index in [1.165, 1.54) is 5.56 Å². The fourth-order valence-corrected chi connectivity index (χ4v) is 3.29. The zero-order valence-electron chi connectivity index (χ0n) is 12.3. The summed E-state index contributed by atoms with van der Waals surface area (Å²) in [6, 6.07) is 12.1. The minimum absolute atomic E-state index is 0.535. The van der Waals surface area contributed by atoms with Crippen LogP contribution in [0, 0.1) is 0 Å². The molecule has 0 amide bonds. The molecule has 1 aromatic carbocycles. The highest BCUT2D eigenvalue weighted by atomic mass is 32.1. The molecule has 1 aliphatic rings. The zero-order valence-corrected chi connectivity index (χ0v) is 13.2. The zero-order chi connectivity index (χ0) is 13.8. The van der Waals surface area contributed by atoms with E-state index < -0.39 is 0 Å². The molecule has 0 N–H and O–H groups in total. The molecule has 0 bridgehead atoms. The van der Waals surface area contributed by atoms with Crippen molar-refractivity contribution < 1.29 is 0 Å². The third kappa shape index (κ3) is 3.74. The highest BCUT2D eigenvalue weighted by Crippen LogP contribution is 2.21. The van der Waals surface area contributed by atoms with Gasteiger partial charge in [-0.3, -0.25) is 9.80 Å². The van der Waals surface area contributed by atoms with Crippen molar-refractivity contribution in [1.82, 2.24) is 9.80 Å². The van der Waals surface area contributed by atoms with E-state index in [2.05, 4.69) is 73.7 Å². The molecule has 1 fully saturated rings. The maximum Gasteiger partial charge on any atom is 0.0195 e. The fourth-order valence-electron chi connectivity index (χ4n) is 2.97. The number of hydrogen-bond donors (Lipinski definition) is 1. The second-order valence-electron chi connectivity index (χ2n) is 5.87. The van der Waals surface area contributed by atoms with Crippen LogP contribution in [0.25, 0.3) is 0 Å². The molecule has 19 heavy (non-hydrogen) atoms. The lowest BCUT2D eigenvalue weighted by atomic mass is 9.99. The Hall–Kier alpha value is -0.510. The maximum atomic E-state index is 4.55. The summed E-state index contributed by atoms with van der Waals surface area (Å²) in [4.78, 5) is 5.08. The van der Waals surface area contributed by atoms with E-state index in [4.69, 9.17) is 0 Å². The van der Waals surface area contributed by atoms with Gasteiger partial charge in [-0.25, -0.2) is 0 Å². The van der Waals surface area contributed by atoms with Crippen LogP contribution >= 0.6 is 12.6 Å². The molecule has 2 nitrogen and oxygen atoms in total. The number of likely N-dealkylation sites (N-methyl/N-ethyl adjacent to an activating group) is 1. The lowest BCUT2D eigenvalue weighted by molar-refractivity contribution is 0.0575. The number of piperazine rings is 1. The summed E-state index contributed by atoms with van der Waals surface area (Å²) in [5.74, 6) is 1.45. The Bertz CT molecular complexity index is 370. The van der Waals surface area contributed by atoms with Crippen molar-refractivity contribution in [2.24, 2.45) is 0 Å². The van der Waals surface area contributed by atoms with Crippen molar-refractivity contribution in [2.45, 2.75) is 31.8 Å². The average molecular weight is 278 g/mol. The number of rotatable bonds is 4. The molecule has 1 aliphatic heterocycles. The van der Waals surface area contributed by atoms with Gasteiger partial charge in [-0.15, -0.1) is 0 Å². The first kappa shape index (κ1) is 14.9. The van der Waals surface area contributed by atoms with Crippen molar-refractivity contribution in [3.63, 3.8) is 0 Å². The Morgan fingerprint density at radius 3 is 2.26 bits per heavy atom. The van der Waals surface area contributed by atoms with Gasteiger partial charge in [-0.2, -0.15) is 12.6 Å². The van der Waals surface area contributed by atoms with Crippen molar-refractivity contribution in [1.29, 1.82) is 0 Å². The predicted molar refractivity (Wildman–Crippen MR) is 86.2 cm³/mol. The summed E-state index contributed by atoms with van der Waals surface area (Å²) >= 11 is 4.55. The Morgan fingerprint density at radius 1 is 1.16 bits per heavy atom. The van der Waals surface area contributed by atoms with Crippen molar-refractivity contribution >= 4 is 12.6 Å². The van der Waals surface area contributed by atoms with Crippen LogP contribution in [0.15, 0.2) is 30.3 Å². The minimum atomic E-state index is 0.535. The summed E-state index contributed by atoms with van der Waals surface area (Å²) in [6.45, 7) is 8.09. The third-order valence-corrected chi connectivity index (χ3v) is 4.85. The highest BCUT2D eigenvalue weighted by Gasteiger charge is 2.27. The van der Waals surface area contributed by atoms with Crippen LogP contribution in [0.1, 0.15) is 25.3 Å². The lowest BCUT2D eigenvalue weighted by Gasteiger charge is -2.43. The van der Waals surface area contributed by atoms with Crippen LogP contribution in [0.2, 0.25) is 0 Å². The first-order valence-electron chi connectivity index (χ1n) is 7.22. The van der Waals surface area contributed by atoms with Gasteiger partial charge < -0.3 is 0 Å². The van der Waals surface area contributed by atoms with Gasteiger partial charge in [-0.1, -0.05) is 30.3 Å². The van der Waals surface area contributed by atoms with Crippen molar-refractivity contribution in [2.75, 3.05) is 32.4 Å². The lowest BCUT2D eigenvalue weighted by Crippen LogP contribution is -2.55. The number of nitrogens with zero attached hydrogens (tertiary/aromatic N) is 2. The third-order valence-electron chi connectivity index (χ3n) is 4.41. The van der Waals surface area contributed by atoms with Crippen molar-refractivity contribution in [3.05, 3.63) is 35.9 Å². The molecule has 1 heterocycles. The molecule has 3 heteroatoms. The van der Waals surface area contributed by atoms with E-state index >= 15 is 0 Å². The largest absolute Gasteiger partial charge is 0.300 e. The Labute approximate surface area is 123 Å². The topological polar surface area (TPSA) is 6.48 Å². The van der Waals surface area contributed by atoms with Gasteiger partial charge in [0.15, 0.2) is 0 Å². The van der Waals surface area contributed by atoms with E-state index in [-0.39, 0.29) is 0 Å². The molecule has 106 valence electrons. The molecular formula is C16H26N2S. The Morgan fingerprint density at radius 2 is 1.74 bits per heavy atom. The molecule has 0 aromatic heterocycles. The monoisotopic (exact) mass is 278 g/mol. The molecule has 1 aromatic rings. The quantitative estimate of drug-likeness (QED) is 0.846. The minimum Gasteiger partial charge on any atom is -0.300 e. The second-order valence-corrected chi connectivity index (χ2v) is 6.24. The molecule has 2 rings (SSSR count). The molecule has 1 saturated heterocycles. The number of hydrogen-bond acceptors (Lipinski definition) is 3. The molecule has 3 atom stereocenters. The van der Waals surface area contributed by atoms with Gasteiger partial charge in [-0.05, 0) is 32.2 Å². The average Bonchev–Trinajstić information content (AvgIpc) is 2.43. The maximum absolute atomic E-state index is 4.55. The van der Waals surface area contributed by atoms with Crippen LogP contribution in [0.3, 0.4) is 0 Å². The van der Waals surface area contributed by atoms with Gasteiger partial charge in [0.05, 0.1) is 0 Å². The summed E-state index contributed by atoms with van der Waals surface area (Å²) in [7, 11) is 2.24. The summed E-state index contributed by atoms with van der Waals surface area (Å²) in [5.41, 5.74) is 1.41. The Balaban J connectivity index is 1.99. The van der Waals surface area contributed by atoms with Gasteiger partial charge >= 0.3 is 0 Å². The van der Waals surface area contributed by atoms with Crippen molar-refractivity contribution in [3.8, 4) is 0 Å². The molecule has 3 unspecified atom stereocenters. The molecule has 0 aliphatic carbocycles. The van der Waals surface area contributed by atoms with Gasteiger partial charge in [0, 0.05) is 37.6 Å². The van der Waals surface area contributed by atoms with Crippen LogP contribution in [0.5, 0.6) is 0 Å². The van der Waals surface area contributed by atoms with Crippen LogP contribution < -0.4 is 0 Å². The fraction of sp³-hybridized carbons (Fsp3) is 0.625. The molecule has 0 radical (unpaired) electrons. The smallest absolute Gasteiger partial charge is 0.0195 e.